The third-order valence-corrected chi connectivity index (χ3v) is 7.08. The molecular formula is C23H25ClN2O5S. The van der Waals surface area contributed by atoms with Crippen LogP contribution in [0.1, 0.15) is 25.8 Å². The summed E-state index contributed by atoms with van der Waals surface area (Å²) < 4.78 is 25.9. The number of carbonyl (C=O) groups is 2. The van der Waals surface area contributed by atoms with Crippen molar-refractivity contribution in [2.24, 2.45) is 0 Å². The van der Waals surface area contributed by atoms with E-state index in [1.54, 1.807) is 38.1 Å². The number of hydrogen-bond donors (Lipinski definition) is 3. The Bertz CT molecular complexity index is 1160. The number of rotatable bonds is 8. The number of halogens is 1. The van der Waals surface area contributed by atoms with Gasteiger partial charge < -0.3 is 15.7 Å². The molecule has 1 unspecified atom stereocenters. The molecule has 170 valence electrons. The van der Waals surface area contributed by atoms with Crippen LogP contribution in [0.4, 0.5) is 11.4 Å². The summed E-state index contributed by atoms with van der Waals surface area (Å²) in [6.45, 7) is 5.23. The van der Waals surface area contributed by atoms with Crippen LogP contribution in [-0.2, 0) is 19.4 Å². The number of benzene rings is 2. The van der Waals surface area contributed by atoms with E-state index in [1.165, 1.54) is 30.4 Å². The molecule has 1 atom stereocenters. The molecule has 7 nitrogen and oxygen atoms in total. The fourth-order valence-corrected chi connectivity index (χ4v) is 4.67. The molecule has 0 fully saturated rings. The van der Waals surface area contributed by atoms with Crippen molar-refractivity contribution in [2.45, 2.75) is 37.3 Å². The van der Waals surface area contributed by atoms with E-state index in [0.717, 1.165) is 11.6 Å². The zero-order chi connectivity index (χ0) is 23.9. The number of carbonyl (C=O) groups excluding carboxylic acids is 2. The van der Waals surface area contributed by atoms with E-state index in [2.05, 4.69) is 10.6 Å². The summed E-state index contributed by atoms with van der Waals surface area (Å²) in [4.78, 5) is 24.7. The summed E-state index contributed by atoms with van der Waals surface area (Å²) in [5.41, 5.74) is 0.963. The third kappa shape index (κ3) is 6.21. The zero-order valence-electron chi connectivity index (χ0n) is 17.9. The number of allylic oxidation sites excluding steroid dienone is 3. The van der Waals surface area contributed by atoms with E-state index in [4.69, 9.17) is 11.6 Å². The highest BCUT2D eigenvalue weighted by Crippen LogP contribution is 2.34. The summed E-state index contributed by atoms with van der Waals surface area (Å²) in [5.74, 6) is -1.60. The molecule has 0 aliphatic rings. The van der Waals surface area contributed by atoms with Gasteiger partial charge in [0.2, 0.25) is 11.8 Å². The van der Waals surface area contributed by atoms with Crippen molar-refractivity contribution in [3.05, 3.63) is 71.3 Å². The topological polar surface area (TPSA) is 113 Å². The molecule has 0 saturated heterocycles. The lowest BCUT2D eigenvalue weighted by Crippen LogP contribution is -2.34. The lowest BCUT2D eigenvalue weighted by molar-refractivity contribution is -0.116. The average molecular weight is 477 g/mol. The van der Waals surface area contributed by atoms with Gasteiger partial charge in [-0.3, -0.25) is 9.59 Å². The van der Waals surface area contributed by atoms with Gasteiger partial charge in [-0.2, -0.15) is 0 Å². The molecule has 2 rings (SSSR count). The number of amides is 2. The quantitative estimate of drug-likeness (QED) is 0.292. The van der Waals surface area contributed by atoms with Crippen LogP contribution < -0.4 is 10.6 Å². The first-order valence-electron chi connectivity index (χ1n) is 9.84. The Labute approximate surface area is 192 Å². The largest absolute Gasteiger partial charge is 0.506 e. The lowest BCUT2D eigenvalue weighted by atomic mass is 10.2. The number of anilines is 2. The Balaban J connectivity index is 2.23. The number of sulfone groups is 1. The minimum absolute atomic E-state index is 0.0199. The molecule has 0 spiro atoms. The van der Waals surface area contributed by atoms with Crippen molar-refractivity contribution in [1.29, 1.82) is 0 Å². The second kappa shape index (κ2) is 11.0. The van der Waals surface area contributed by atoms with Gasteiger partial charge in [0.15, 0.2) is 9.84 Å². The highest BCUT2D eigenvalue weighted by Gasteiger charge is 2.33. The average Bonchev–Trinajstić information content (AvgIpc) is 2.72. The standard InChI is InChI=1S/C23H25ClN2O5S/c1-4-6-7-8-22(28)25-19-13-17(24)18(14-20(19)27)26-23(29)21(5-2)32(30,31)16-11-9-15(3)10-12-16/h4,6-14,21,27H,5H2,1-3H3,(H,25,28)(H,26,29)/b6-4+,8-7+. The second-order valence-electron chi connectivity index (χ2n) is 6.97. The molecule has 2 aromatic carbocycles. The monoisotopic (exact) mass is 476 g/mol. The predicted octanol–water partition coefficient (Wildman–Crippen LogP) is 4.62. The zero-order valence-corrected chi connectivity index (χ0v) is 19.5. The van der Waals surface area contributed by atoms with Crippen LogP contribution in [0.3, 0.4) is 0 Å². The van der Waals surface area contributed by atoms with Crippen molar-refractivity contribution >= 4 is 44.6 Å². The predicted molar refractivity (Wildman–Crippen MR) is 127 cm³/mol. The number of aryl methyl sites for hydroxylation is 1. The molecular weight excluding hydrogens is 452 g/mol. The van der Waals surface area contributed by atoms with Crippen LogP contribution in [0, 0.1) is 6.92 Å². The summed E-state index contributed by atoms with van der Waals surface area (Å²) in [5, 5.41) is 13.8. The second-order valence-corrected chi connectivity index (χ2v) is 9.51. The van der Waals surface area contributed by atoms with Gasteiger partial charge in [-0.15, -0.1) is 0 Å². The van der Waals surface area contributed by atoms with E-state index in [0.29, 0.717) is 0 Å². The summed E-state index contributed by atoms with van der Waals surface area (Å²) >= 11 is 6.20. The summed E-state index contributed by atoms with van der Waals surface area (Å²) in [7, 11) is -3.93. The summed E-state index contributed by atoms with van der Waals surface area (Å²) in [6, 6.07) is 8.66. The fraction of sp³-hybridized carbons (Fsp3) is 0.217. The van der Waals surface area contributed by atoms with Gasteiger partial charge in [-0.1, -0.05) is 54.4 Å². The molecule has 0 aromatic heterocycles. The number of hydrogen-bond acceptors (Lipinski definition) is 5. The highest BCUT2D eigenvalue weighted by atomic mass is 35.5. The molecule has 2 amide bonds. The van der Waals surface area contributed by atoms with E-state index in [-0.39, 0.29) is 33.5 Å². The molecule has 0 aliphatic heterocycles. The third-order valence-electron chi connectivity index (χ3n) is 4.54. The number of aromatic hydroxyl groups is 1. The lowest BCUT2D eigenvalue weighted by Gasteiger charge is -2.17. The Morgan fingerprint density at radius 2 is 1.75 bits per heavy atom. The molecule has 3 N–H and O–H groups in total. The minimum Gasteiger partial charge on any atom is -0.506 e. The van der Waals surface area contributed by atoms with Crippen molar-refractivity contribution in [3.8, 4) is 5.75 Å². The van der Waals surface area contributed by atoms with Gasteiger partial charge in [0.25, 0.3) is 0 Å². The smallest absolute Gasteiger partial charge is 0.248 e. The van der Waals surface area contributed by atoms with Gasteiger partial charge in [-0.25, -0.2) is 8.42 Å². The maximum absolute atomic E-state index is 12.9. The van der Waals surface area contributed by atoms with Crippen molar-refractivity contribution in [1.82, 2.24) is 0 Å². The number of nitrogens with one attached hydrogen (secondary N) is 2. The first kappa shape index (κ1) is 25.2. The fourth-order valence-electron chi connectivity index (χ4n) is 2.84. The van der Waals surface area contributed by atoms with Gasteiger partial charge in [-0.05, 0) is 38.5 Å². The first-order chi connectivity index (χ1) is 15.1. The number of phenols is 1. The highest BCUT2D eigenvalue weighted by molar-refractivity contribution is 7.92. The maximum atomic E-state index is 12.9. The van der Waals surface area contributed by atoms with E-state index >= 15 is 0 Å². The van der Waals surface area contributed by atoms with Crippen molar-refractivity contribution < 1.29 is 23.1 Å². The van der Waals surface area contributed by atoms with Crippen molar-refractivity contribution in [2.75, 3.05) is 10.6 Å². The van der Waals surface area contributed by atoms with Crippen LogP contribution in [-0.4, -0.2) is 30.6 Å². The Morgan fingerprint density at radius 1 is 1.09 bits per heavy atom. The first-order valence-corrected chi connectivity index (χ1v) is 11.8. The van der Waals surface area contributed by atoms with Crippen LogP contribution in [0.2, 0.25) is 5.02 Å². The van der Waals surface area contributed by atoms with Crippen LogP contribution in [0.15, 0.2) is 65.6 Å². The normalized spacial score (nSPS) is 12.8. The van der Waals surface area contributed by atoms with Gasteiger partial charge in [0.05, 0.1) is 21.3 Å². The molecule has 2 aromatic rings. The molecule has 0 aliphatic carbocycles. The molecule has 0 bridgehead atoms. The maximum Gasteiger partial charge on any atom is 0.248 e. The molecule has 0 saturated carbocycles. The Hall–Kier alpha value is -3.10. The number of phenolic OH excluding ortho intramolecular Hbond substituents is 1. The molecule has 0 radical (unpaired) electrons. The van der Waals surface area contributed by atoms with Gasteiger partial charge in [0.1, 0.15) is 11.0 Å². The Kier molecular flexibility index (Phi) is 8.63. The molecule has 32 heavy (non-hydrogen) atoms. The van der Waals surface area contributed by atoms with Crippen LogP contribution >= 0.6 is 11.6 Å². The van der Waals surface area contributed by atoms with E-state index in [1.807, 2.05) is 6.92 Å². The van der Waals surface area contributed by atoms with Crippen LogP contribution in [0.25, 0.3) is 0 Å². The van der Waals surface area contributed by atoms with E-state index in [9.17, 15) is 23.1 Å². The van der Waals surface area contributed by atoms with Gasteiger partial charge in [0, 0.05) is 12.1 Å². The SMILES string of the molecule is C/C=C/C=C/C(=O)Nc1cc(Cl)c(NC(=O)C(CC)S(=O)(=O)c2ccc(C)cc2)cc1O. The summed E-state index contributed by atoms with van der Waals surface area (Å²) in [6.07, 6.45) is 6.25. The Morgan fingerprint density at radius 3 is 2.34 bits per heavy atom. The van der Waals surface area contributed by atoms with E-state index < -0.39 is 26.9 Å². The van der Waals surface area contributed by atoms with Gasteiger partial charge >= 0.3 is 0 Å². The van der Waals surface area contributed by atoms with Crippen LogP contribution in [0.5, 0.6) is 5.75 Å². The van der Waals surface area contributed by atoms with Crippen molar-refractivity contribution in [3.63, 3.8) is 0 Å². The molecule has 9 heteroatoms. The molecule has 0 heterocycles. The minimum atomic E-state index is -3.93.